The summed E-state index contributed by atoms with van der Waals surface area (Å²) in [5, 5.41) is 11.6. The lowest BCUT2D eigenvalue weighted by Crippen LogP contribution is -2.24. The topological polar surface area (TPSA) is 58.6 Å². The van der Waals surface area contributed by atoms with E-state index in [4.69, 9.17) is 9.84 Å². The number of carbonyl (C=O) groups is 1. The number of hydrogen-bond acceptors (Lipinski definition) is 3. The van der Waals surface area contributed by atoms with Gasteiger partial charge in [0.1, 0.15) is 5.75 Å². The van der Waals surface area contributed by atoms with E-state index in [9.17, 15) is 4.79 Å². The van der Waals surface area contributed by atoms with Gasteiger partial charge < -0.3 is 15.2 Å². The van der Waals surface area contributed by atoms with Gasteiger partial charge in [0, 0.05) is 19.6 Å². The zero-order valence-corrected chi connectivity index (χ0v) is 14.1. The molecule has 0 bridgehead atoms. The molecule has 0 aliphatic heterocycles. The number of aliphatic hydroxyl groups is 1. The molecule has 0 saturated heterocycles. The van der Waals surface area contributed by atoms with E-state index in [0.717, 1.165) is 54.4 Å². The van der Waals surface area contributed by atoms with Gasteiger partial charge in [-0.1, -0.05) is 18.9 Å². The van der Waals surface area contributed by atoms with Crippen molar-refractivity contribution in [3.8, 4) is 5.75 Å². The Bertz CT molecular complexity index is 438. The van der Waals surface area contributed by atoms with Crippen LogP contribution in [0.3, 0.4) is 0 Å². The summed E-state index contributed by atoms with van der Waals surface area (Å²) >= 11 is 3.44. The Morgan fingerprint density at radius 3 is 2.71 bits per heavy atom. The number of nitrogens with one attached hydrogen (secondary N) is 1. The lowest BCUT2D eigenvalue weighted by Gasteiger charge is -2.07. The summed E-state index contributed by atoms with van der Waals surface area (Å²) in [4.78, 5) is 11.7. The maximum absolute atomic E-state index is 11.7. The largest absolute Gasteiger partial charge is 0.496 e. The highest BCUT2D eigenvalue weighted by molar-refractivity contribution is 9.10. The fourth-order valence-corrected chi connectivity index (χ4v) is 2.62. The van der Waals surface area contributed by atoms with Crippen LogP contribution in [-0.2, 0) is 11.2 Å². The molecule has 0 aromatic heterocycles. The molecule has 0 spiro atoms. The first-order valence-corrected chi connectivity index (χ1v) is 8.16. The van der Waals surface area contributed by atoms with Crippen molar-refractivity contribution >= 4 is 21.8 Å². The number of unbranched alkanes of at least 4 members (excludes halogenated alkanes) is 3. The molecule has 0 aliphatic rings. The molecule has 1 aromatic rings. The van der Waals surface area contributed by atoms with Crippen molar-refractivity contribution in [1.82, 2.24) is 5.32 Å². The predicted octanol–water partition coefficient (Wildman–Crippen LogP) is 3.06. The second-order valence-corrected chi connectivity index (χ2v) is 5.81. The zero-order valence-electron chi connectivity index (χ0n) is 12.5. The molecule has 0 radical (unpaired) electrons. The molecule has 0 aliphatic carbocycles. The van der Waals surface area contributed by atoms with Gasteiger partial charge in [0.05, 0.1) is 11.6 Å². The van der Waals surface area contributed by atoms with E-state index in [1.165, 1.54) is 0 Å². The van der Waals surface area contributed by atoms with E-state index in [-0.39, 0.29) is 12.5 Å². The molecule has 2 N–H and O–H groups in total. The molecule has 118 valence electrons. The number of amides is 1. The van der Waals surface area contributed by atoms with Crippen LogP contribution >= 0.6 is 15.9 Å². The van der Waals surface area contributed by atoms with Crippen molar-refractivity contribution in [1.29, 1.82) is 0 Å². The molecule has 4 nitrogen and oxygen atoms in total. The average Bonchev–Trinajstić information content (AvgIpc) is 2.49. The quantitative estimate of drug-likeness (QED) is 0.632. The summed E-state index contributed by atoms with van der Waals surface area (Å²) in [5.41, 5.74) is 1.11. The van der Waals surface area contributed by atoms with E-state index >= 15 is 0 Å². The fraction of sp³-hybridized carbons (Fsp3) is 0.562. The highest BCUT2D eigenvalue weighted by atomic mass is 79.9. The Morgan fingerprint density at radius 2 is 2.05 bits per heavy atom. The van der Waals surface area contributed by atoms with Gasteiger partial charge >= 0.3 is 0 Å². The number of methoxy groups -OCH3 is 1. The van der Waals surface area contributed by atoms with Crippen molar-refractivity contribution in [2.45, 2.75) is 38.5 Å². The number of rotatable bonds is 10. The summed E-state index contributed by atoms with van der Waals surface area (Å²) in [7, 11) is 1.63. The number of aliphatic hydroxyl groups excluding tert-OH is 1. The van der Waals surface area contributed by atoms with Crippen LogP contribution in [0.5, 0.6) is 5.75 Å². The standard InChI is InChI=1S/C16H24BrNO3/c1-21-15-8-6-13(12-14(15)17)7-9-16(20)18-10-4-2-3-5-11-19/h6,8,12,19H,2-5,7,9-11H2,1H3,(H,18,20). The first-order valence-electron chi connectivity index (χ1n) is 7.37. The SMILES string of the molecule is COc1ccc(CCC(=O)NCCCCCCO)cc1Br. The molecule has 1 aromatic carbocycles. The molecule has 1 amide bonds. The highest BCUT2D eigenvalue weighted by Gasteiger charge is 2.05. The minimum Gasteiger partial charge on any atom is -0.496 e. The molecule has 0 fully saturated rings. The minimum absolute atomic E-state index is 0.0871. The highest BCUT2D eigenvalue weighted by Crippen LogP contribution is 2.25. The Hall–Kier alpha value is -1.07. The van der Waals surface area contributed by atoms with Crippen LogP contribution in [0.2, 0.25) is 0 Å². The van der Waals surface area contributed by atoms with Crippen molar-refractivity contribution in [3.05, 3.63) is 28.2 Å². The fourth-order valence-electron chi connectivity index (χ4n) is 2.03. The van der Waals surface area contributed by atoms with Crippen LogP contribution in [0.4, 0.5) is 0 Å². The third kappa shape index (κ3) is 7.48. The van der Waals surface area contributed by atoms with Crippen molar-refractivity contribution < 1.29 is 14.6 Å². The number of benzene rings is 1. The number of halogens is 1. The third-order valence-electron chi connectivity index (χ3n) is 3.26. The van der Waals surface area contributed by atoms with Gasteiger partial charge in [0.15, 0.2) is 0 Å². The van der Waals surface area contributed by atoms with Gasteiger partial charge in [-0.2, -0.15) is 0 Å². The van der Waals surface area contributed by atoms with E-state index in [1.807, 2.05) is 18.2 Å². The van der Waals surface area contributed by atoms with Crippen LogP contribution in [0.1, 0.15) is 37.7 Å². The lowest BCUT2D eigenvalue weighted by molar-refractivity contribution is -0.121. The van der Waals surface area contributed by atoms with Gasteiger partial charge in [-0.05, 0) is 52.9 Å². The van der Waals surface area contributed by atoms with Crippen LogP contribution in [0.25, 0.3) is 0 Å². The van der Waals surface area contributed by atoms with E-state index in [2.05, 4.69) is 21.2 Å². The van der Waals surface area contributed by atoms with Crippen molar-refractivity contribution in [2.24, 2.45) is 0 Å². The Balaban J connectivity index is 2.19. The van der Waals surface area contributed by atoms with E-state index in [0.29, 0.717) is 6.42 Å². The summed E-state index contributed by atoms with van der Waals surface area (Å²) in [6, 6.07) is 5.87. The monoisotopic (exact) mass is 357 g/mol. The van der Waals surface area contributed by atoms with Gasteiger partial charge in [-0.3, -0.25) is 4.79 Å². The van der Waals surface area contributed by atoms with Crippen LogP contribution in [-0.4, -0.2) is 31.3 Å². The predicted molar refractivity (Wildman–Crippen MR) is 87.6 cm³/mol. The van der Waals surface area contributed by atoms with Crippen LogP contribution in [0, 0.1) is 0 Å². The smallest absolute Gasteiger partial charge is 0.220 e. The van der Waals surface area contributed by atoms with Crippen molar-refractivity contribution in [3.63, 3.8) is 0 Å². The molecule has 0 unspecified atom stereocenters. The normalized spacial score (nSPS) is 10.4. The van der Waals surface area contributed by atoms with Crippen LogP contribution in [0.15, 0.2) is 22.7 Å². The average molecular weight is 358 g/mol. The second-order valence-electron chi connectivity index (χ2n) is 4.96. The molecular weight excluding hydrogens is 334 g/mol. The van der Waals surface area contributed by atoms with E-state index < -0.39 is 0 Å². The molecular formula is C16H24BrNO3. The van der Waals surface area contributed by atoms with Gasteiger partial charge in [0.25, 0.3) is 0 Å². The van der Waals surface area contributed by atoms with E-state index in [1.54, 1.807) is 7.11 Å². The number of carbonyl (C=O) groups excluding carboxylic acids is 1. The lowest BCUT2D eigenvalue weighted by atomic mass is 10.1. The van der Waals surface area contributed by atoms with Gasteiger partial charge in [-0.25, -0.2) is 0 Å². The molecule has 1 rings (SSSR count). The minimum atomic E-state index is 0.0871. The first kappa shape index (κ1) is 18.0. The second kappa shape index (κ2) is 10.6. The molecule has 21 heavy (non-hydrogen) atoms. The molecule has 0 atom stereocenters. The van der Waals surface area contributed by atoms with Crippen molar-refractivity contribution in [2.75, 3.05) is 20.3 Å². The van der Waals surface area contributed by atoms with Gasteiger partial charge in [0.2, 0.25) is 5.91 Å². The summed E-state index contributed by atoms with van der Waals surface area (Å²) < 4.78 is 6.09. The van der Waals surface area contributed by atoms with Crippen LogP contribution < -0.4 is 10.1 Å². The maximum atomic E-state index is 11.7. The van der Waals surface area contributed by atoms with Gasteiger partial charge in [-0.15, -0.1) is 0 Å². The number of ether oxygens (including phenoxy) is 1. The number of hydrogen-bond donors (Lipinski definition) is 2. The first-order chi connectivity index (χ1) is 10.2. The third-order valence-corrected chi connectivity index (χ3v) is 3.88. The molecule has 0 saturated carbocycles. The molecule has 5 heteroatoms. The Morgan fingerprint density at radius 1 is 1.29 bits per heavy atom. The summed E-state index contributed by atoms with van der Waals surface area (Å²) in [6.45, 7) is 0.973. The Labute approximate surface area is 135 Å². The Kier molecular flexibility index (Phi) is 9.10. The summed E-state index contributed by atoms with van der Waals surface area (Å²) in [6.07, 6.45) is 5.10. The molecule has 0 heterocycles. The number of aryl methyl sites for hydroxylation is 1. The maximum Gasteiger partial charge on any atom is 0.220 e. The summed E-state index contributed by atoms with van der Waals surface area (Å²) in [5.74, 6) is 0.884. The zero-order chi connectivity index (χ0) is 15.5.